The van der Waals surface area contributed by atoms with E-state index < -0.39 is 0 Å². The number of amides is 1. The van der Waals surface area contributed by atoms with Crippen molar-refractivity contribution in [2.45, 2.75) is 39.0 Å². The SMILES string of the molecule is CC(C)NC(=O)C(C)N1CC(O)C1. The van der Waals surface area contributed by atoms with E-state index >= 15 is 0 Å². The molecule has 0 aromatic carbocycles. The Kier molecular flexibility index (Phi) is 3.27. The highest BCUT2D eigenvalue weighted by molar-refractivity contribution is 5.81. The molecule has 1 unspecified atom stereocenters. The average molecular weight is 186 g/mol. The summed E-state index contributed by atoms with van der Waals surface area (Å²) in [5, 5.41) is 11.9. The number of hydrogen-bond donors (Lipinski definition) is 2. The van der Waals surface area contributed by atoms with Gasteiger partial charge in [0.15, 0.2) is 0 Å². The minimum atomic E-state index is -0.241. The molecule has 1 aliphatic rings. The lowest BCUT2D eigenvalue weighted by Gasteiger charge is -2.39. The number of nitrogens with zero attached hydrogens (tertiary/aromatic N) is 1. The summed E-state index contributed by atoms with van der Waals surface area (Å²) in [4.78, 5) is 13.4. The van der Waals surface area contributed by atoms with Gasteiger partial charge >= 0.3 is 0 Å². The van der Waals surface area contributed by atoms with Crippen LogP contribution in [0.3, 0.4) is 0 Å². The maximum absolute atomic E-state index is 11.5. The van der Waals surface area contributed by atoms with Crippen LogP contribution in [0.4, 0.5) is 0 Å². The van der Waals surface area contributed by atoms with E-state index in [9.17, 15) is 4.79 Å². The molecule has 0 aromatic rings. The summed E-state index contributed by atoms with van der Waals surface area (Å²) >= 11 is 0. The fourth-order valence-corrected chi connectivity index (χ4v) is 1.38. The van der Waals surface area contributed by atoms with Crippen LogP contribution in [0.1, 0.15) is 20.8 Å². The summed E-state index contributed by atoms with van der Waals surface area (Å²) < 4.78 is 0. The van der Waals surface area contributed by atoms with Gasteiger partial charge in [-0.2, -0.15) is 0 Å². The maximum Gasteiger partial charge on any atom is 0.237 e. The van der Waals surface area contributed by atoms with Crippen LogP contribution in [0.2, 0.25) is 0 Å². The minimum absolute atomic E-state index is 0.0434. The van der Waals surface area contributed by atoms with Crippen molar-refractivity contribution in [1.82, 2.24) is 10.2 Å². The summed E-state index contributed by atoms with van der Waals surface area (Å²) in [6, 6.07) is 0.0620. The Hall–Kier alpha value is -0.610. The van der Waals surface area contributed by atoms with Crippen molar-refractivity contribution in [3.63, 3.8) is 0 Å². The predicted octanol–water partition coefficient (Wildman–Crippen LogP) is -0.424. The number of hydrogen-bond acceptors (Lipinski definition) is 3. The van der Waals surface area contributed by atoms with Gasteiger partial charge in [-0.3, -0.25) is 9.69 Å². The largest absolute Gasteiger partial charge is 0.390 e. The molecule has 1 rings (SSSR count). The molecule has 1 amide bonds. The minimum Gasteiger partial charge on any atom is -0.390 e. The van der Waals surface area contributed by atoms with Gasteiger partial charge in [-0.25, -0.2) is 0 Å². The number of likely N-dealkylation sites (tertiary alicyclic amines) is 1. The van der Waals surface area contributed by atoms with Crippen LogP contribution >= 0.6 is 0 Å². The Morgan fingerprint density at radius 2 is 2.00 bits per heavy atom. The molecule has 2 N–H and O–H groups in total. The highest BCUT2D eigenvalue weighted by Gasteiger charge is 2.31. The first-order chi connectivity index (χ1) is 6.00. The van der Waals surface area contributed by atoms with E-state index in [2.05, 4.69) is 5.32 Å². The fraction of sp³-hybridized carbons (Fsp3) is 0.889. The summed E-state index contributed by atoms with van der Waals surface area (Å²) in [7, 11) is 0. The van der Waals surface area contributed by atoms with Gasteiger partial charge < -0.3 is 10.4 Å². The van der Waals surface area contributed by atoms with Crippen molar-refractivity contribution in [3.05, 3.63) is 0 Å². The number of aliphatic hydroxyl groups is 1. The molecule has 76 valence electrons. The van der Waals surface area contributed by atoms with Crippen molar-refractivity contribution in [2.75, 3.05) is 13.1 Å². The Morgan fingerprint density at radius 1 is 1.46 bits per heavy atom. The van der Waals surface area contributed by atoms with Crippen molar-refractivity contribution in [1.29, 1.82) is 0 Å². The topological polar surface area (TPSA) is 52.6 Å². The van der Waals surface area contributed by atoms with Gasteiger partial charge in [-0.1, -0.05) is 0 Å². The molecule has 1 heterocycles. The van der Waals surface area contributed by atoms with Crippen LogP contribution in [-0.2, 0) is 4.79 Å². The molecule has 0 aromatic heterocycles. The number of nitrogens with one attached hydrogen (secondary N) is 1. The second kappa shape index (κ2) is 4.07. The normalized spacial score (nSPS) is 21.3. The molecule has 13 heavy (non-hydrogen) atoms. The quantitative estimate of drug-likeness (QED) is 0.629. The second-order valence-electron chi connectivity index (χ2n) is 3.95. The third-order valence-corrected chi connectivity index (χ3v) is 2.25. The summed E-state index contributed by atoms with van der Waals surface area (Å²) in [5.74, 6) is 0.0434. The Labute approximate surface area is 78.9 Å². The molecule has 1 fully saturated rings. The molecular formula is C9H18N2O2. The Bertz CT molecular complexity index is 188. The molecule has 0 radical (unpaired) electrons. The molecule has 4 heteroatoms. The van der Waals surface area contributed by atoms with E-state index in [1.165, 1.54) is 0 Å². The highest BCUT2D eigenvalue weighted by Crippen LogP contribution is 2.11. The van der Waals surface area contributed by atoms with Gasteiger partial charge in [0.2, 0.25) is 5.91 Å². The molecular weight excluding hydrogens is 168 g/mol. The first-order valence-electron chi connectivity index (χ1n) is 4.73. The molecule has 0 spiro atoms. The summed E-state index contributed by atoms with van der Waals surface area (Å²) in [6.07, 6.45) is -0.241. The maximum atomic E-state index is 11.5. The van der Waals surface area contributed by atoms with Gasteiger partial charge in [-0.05, 0) is 20.8 Å². The van der Waals surface area contributed by atoms with Crippen LogP contribution in [0.25, 0.3) is 0 Å². The van der Waals surface area contributed by atoms with Crippen LogP contribution in [0.5, 0.6) is 0 Å². The number of carbonyl (C=O) groups excluding carboxylic acids is 1. The molecule has 0 bridgehead atoms. The highest BCUT2D eigenvalue weighted by atomic mass is 16.3. The lowest BCUT2D eigenvalue weighted by molar-refractivity contribution is -0.130. The van der Waals surface area contributed by atoms with Crippen molar-refractivity contribution < 1.29 is 9.90 Å². The van der Waals surface area contributed by atoms with Gasteiger partial charge in [0.25, 0.3) is 0 Å². The Morgan fingerprint density at radius 3 is 2.38 bits per heavy atom. The van der Waals surface area contributed by atoms with Crippen molar-refractivity contribution in [2.24, 2.45) is 0 Å². The Balaban J connectivity index is 2.30. The van der Waals surface area contributed by atoms with Gasteiger partial charge in [0.05, 0.1) is 12.1 Å². The fourth-order valence-electron chi connectivity index (χ4n) is 1.38. The zero-order valence-electron chi connectivity index (χ0n) is 8.45. The molecule has 1 aliphatic heterocycles. The number of β-amino-alcohol motifs (C(OH)–C–C–N with tert-alkyl or cyclic N) is 1. The third kappa shape index (κ3) is 2.67. The van der Waals surface area contributed by atoms with Gasteiger partial charge in [0, 0.05) is 19.1 Å². The lowest BCUT2D eigenvalue weighted by atomic mass is 10.1. The number of rotatable bonds is 3. The van der Waals surface area contributed by atoms with E-state index in [0.717, 1.165) is 0 Å². The summed E-state index contributed by atoms with van der Waals surface area (Å²) in [6.45, 7) is 6.98. The van der Waals surface area contributed by atoms with Crippen LogP contribution in [-0.4, -0.2) is 47.2 Å². The molecule has 1 atom stereocenters. The van der Waals surface area contributed by atoms with Crippen LogP contribution < -0.4 is 5.32 Å². The van der Waals surface area contributed by atoms with E-state index in [-0.39, 0.29) is 24.1 Å². The van der Waals surface area contributed by atoms with Crippen molar-refractivity contribution in [3.8, 4) is 0 Å². The lowest BCUT2D eigenvalue weighted by Crippen LogP contribution is -2.59. The molecule has 4 nitrogen and oxygen atoms in total. The predicted molar refractivity (Wildman–Crippen MR) is 50.3 cm³/mol. The van der Waals surface area contributed by atoms with Crippen LogP contribution in [0.15, 0.2) is 0 Å². The average Bonchev–Trinajstić information content (AvgIpc) is 1.96. The van der Waals surface area contributed by atoms with E-state index in [1.54, 1.807) is 0 Å². The number of carbonyl (C=O) groups is 1. The third-order valence-electron chi connectivity index (χ3n) is 2.25. The zero-order valence-corrected chi connectivity index (χ0v) is 8.45. The second-order valence-corrected chi connectivity index (χ2v) is 3.95. The van der Waals surface area contributed by atoms with E-state index in [0.29, 0.717) is 13.1 Å². The first-order valence-corrected chi connectivity index (χ1v) is 4.73. The van der Waals surface area contributed by atoms with Crippen molar-refractivity contribution >= 4 is 5.91 Å². The van der Waals surface area contributed by atoms with Crippen LogP contribution in [0, 0.1) is 0 Å². The van der Waals surface area contributed by atoms with E-state index in [1.807, 2.05) is 25.7 Å². The smallest absolute Gasteiger partial charge is 0.237 e. The molecule has 1 saturated heterocycles. The van der Waals surface area contributed by atoms with Gasteiger partial charge in [0.1, 0.15) is 0 Å². The first kappa shape index (κ1) is 10.5. The summed E-state index contributed by atoms with van der Waals surface area (Å²) in [5.41, 5.74) is 0. The van der Waals surface area contributed by atoms with E-state index in [4.69, 9.17) is 5.11 Å². The van der Waals surface area contributed by atoms with Gasteiger partial charge in [-0.15, -0.1) is 0 Å². The number of aliphatic hydroxyl groups excluding tert-OH is 1. The molecule has 0 aliphatic carbocycles. The zero-order chi connectivity index (χ0) is 10.0. The standard InChI is InChI=1S/C9H18N2O2/c1-6(2)10-9(13)7(3)11-4-8(12)5-11/h6-8,12H,4-5H2,1-3H3,(H,10,13). The molecule has 0 saturated carbocycles. The monoisotopic (exact) mass is 186 g/mol.